The summed E-state index contributed by atoms with van der Waals surface area (Å²) in [5.74, 6) is -0.529. The number of hydrogen-bond acceptors (Lipinski definition) is 3. The highest BCUT2D eigenvalue weighted by Gasteiger charge is 2.18. The van der Waals surface area contributed by atoms with Gasteiger partial charge in [0.1, 0.15) is 4.90 Å². The zero-order valence-corrected chi connectivity index (χ0v) is 11.4. The Morgan fingerprint density at radius 3 is 2.61 bits per heavy atom. The summed E-state index contributed by atoms with van der Waals surface area (Å²) in [5.41, 5.74) is 0. The standard InChI is InChI=1S/C10H10Cl2N2O3S/c1-2-13-10(15)6-14-18(16,17)9-4-3-7(11)5-8(9)12/h2-5,14H,1,6H2,(H,13,15). The van der Waals surface area contributed by atoms with Crippen molar-refractivity contribution in [3.05, 3.63) is 41.0 Å². The molecule has 2 N–H and O–H groups in total. The van der Waals surface area contributed by atoms with Gasteiger partial charge in [-0.2, -0.15) is 0 Å². The molecule has 0 atom stereocenters. The molecule has 1 aromatic carbocycles. The van der Waals surface area contributed by atoms with Gasteiger partial charge >= 0.3 is 0 Å². The number of carbonyl (C=O) groups is 1. The quantitative estimate of drug-likeness (QED) is 0.866. The van der Waals surface area contributed by atoms with Gasteiger partial charge < -0.3 is 5.32 Å². The zero-order chi connectivity index (χ0) is 13.8. The molecule has 0 saturated carbocycles. The number of carbonyl (C=O) groups excluding carboxylic acids is 1. The third kappa shape index (κ3) is 3.99. The largest absolute Gasteiger partial charge is 0.332 e. The third-order valence-corrected chi connectivity index (χ3v) is 3.99. The molecule has 0 aliphatic rings. The molecule has 0 aromatic heterocycles. The van der Waals surface area contributed by atoms with E-state index in [1.807, 2.05) is 0 Å². The highest BCUT2D eigenvalue weighted by Crippen LogP contribution is 2.24. The van der Waals surface area contributed by atoms with Gasteiger partial charge in [0.25, 0.3) is 0 Å². The van der Waals surface area contributed by atoms with E-state index in [1.54, 1.807) is 0 Å². The fourth-order valence-corrected chi connectivity index (χ4v) is 2.85. The Balaban J connectivity index is 2.86. The van der Waals surface area contributed by atoms with E-state index in [2.05, 4.69) is 16.6 Å². The minimum Gasteiger partial charge on any atom is -0.332 e. The molecule has 98 valence electrons. The second-order valence-corrected chi connectivity index (χ2v) is 5.75. The molecular weight excluding hydrogens is 299 g/mol. The fraction of sp³-hybridized carbons (Fsp3) is 0.100. The van der Waals surface area contributed by atoms with Gasteiger partial charge in [0, 0.05) is 5.02 Å². The highest BCUT2D eigenvalue weighted by atomic mass is 35.5. The molecule has 8 heteroatoms. The van der Waals surface area contributed by atoms with E-state index in [1.165, 1.54) is 18.2 Å². The number of amides is 1. The first-order chi connectivity index (χ1) is 8.36. The number of nitrogens with one attached hydrogen (secondary N) is 2. The molecule has 5 nitrogen and oxygen atoms in total. The molecule has 0 radical (unpaired) electrons. The number of rotatable bonds is 5. The summed E-state index contributed by atoms with van der Waals surface area (Å²) in [5, 5.41) is 2.55. The second-order valence-electron chi connectivity index (χ2n) is 3.17. The van der Waals surface area contributed by atoms with Gasteiger partial charge in [-0.3, -0.25) is 4.79 Å². The van der Waals surface area contributed by atoms with E-state index in [4.69, 9.17) is 23.2 Å². The first-order valence-corrected chi connectivity index (χ1v) is 6.95. The molecule has 0 aliphatic carbocycles. The van der Waals surface area contributed by atoms with Crippen molar-refractivity contribution >= 4 is 39.1 Å². The van der Waals surface area contributed by atoms with Crippen LogP contribution in [0.2, 0.25) is 10.0 Å². The molecule has 0 unspecified atom stereocenters. The summed E-state index contributed by atoms with van der Waals surface area (Å²) >= 11 is 11.4. The topological polar surface area (TPSA) is 75.3 Å². The van der Waals surface area contributed by atoms with E-state index < -0.39 is 22.5 Å². The van der Waals surface area contributed by atoms with Crippen LogP contribution in [0, 0.1) is 0 Å². The molecular formula is C10H10Cl2N2O3S. The Labute approximate surface area is 115 Å². The maximum Gasteiger partial charge on any atom is 0.242 e. The SMILES string of the molecule is C=CNC(=O)CNS(=O)(=O)c1ccc(Cl)cc1Cl. The minimum atomic E-state index is -3.86. The van der Waals surface area contributed by atoms with E-state index in [-0.39, 0.29) is 9.92 Å². The molecule has 1 rings (SSSR count). The van der Waals surface area contributed by atoms with Crippen LogP contribution < -0.4 is 10.0 Å². The Morgan fingerprint density at radius 2 is 2.06 bits per heavy atom. The Morgan fingerprint density at radius 1 is 1.39 bits per heavy atom. The lowest BCUT2D eigenvalue weighted by molar-refractivity contribution is -0.119. The van der Waals surface area contributed by atoms with Crippen molar-refractivity contribution in [1.82, 2.24) is 10.0 Å². The predicted molar refractivity (Wildman–Crippen MR) is 70.0 cm³/mol. The van der Waals surface area contributed by atoms with Crippen LogP contribution in [-0.4, -0.2) is 20.9 Å². The van der Waals surface area contributed by atoms with Gasteiger partial charge in [0.05, 0.1) is 11.6 Å². The highest BCUT2D eigenvalue weighted by molar-refractivity contribution is 7.89. The van der Waals surface area contributed by atoms with E-state index in [9.17, 15) is 13.2 Å². The zero-order valence-electron chi connectivity index (χ0n) is 9.11. The van der Waals surface area contributed by atoms with E-state index in [0.717, 1.165) is 6.20 Å². The number of benzene rings is 1. The van der Waals surface area contributed by atoms with E-state index >= 15 is 0 Å². The number of hydrogen-bond donors (Lipinski definition) is 2. The number of halogens is 2. The van der Waals surface area contributed by atoms with Gasteiger partial charge in [0.2, 0.25) is 15.9 Å². The summed E-state index contributed by atoms with van der Waals surface area (Å²) in [7, 11) is -3.86. The van der Waals surface area contributed by atoms with Crippen molar-refractivity contribution in [2.45, 2.75) is 4.90 Å². The molecule has 0 fully saturated rings. The molecule has 0 aliphatic heterocycles. The lowest BCUT2D eigenvalue weighted by Gasteiger charge is -2.07. The summed E-state index contributed by atoms with van der Waals surface area (Å²) in [6.45, 7) is 2.87. The lowest BCUT2D eigenvalue weighted by atomic mass is 10.4. The Hall–Kier alpha value is -1.08. The van der Waals surface area contributed by atoms with Crippen molar-refractivity contribution < 1.29 is 13.2 Å². The minimum absolute atomic E-state index is 0.0147. The van der Waals surface area contributed by atoms with Gasteiger partial charge in [-0.25, -0.2) is 13.1 Å². The number of sulfonamides is 1. The summed E-state index contributed by atoms with van der Waals surface area (Å²) in [6.07, 6.45) is 1.16. The van der Waals surface area contributed by atoms with E-state index in [0.29, 0.717) is 5.02 Å². The average Bonchev–Trinajstić information content (AvgIpc) is 2.26. The molecule has 0 bridgehead atoms. The van der Waals surface area contributed by atoms with Gasteiger partial charge in [-0.15, -0.1) is 0 Å². The molecule has 0 saturated heterocycles. The van der Waals surface area contributed by atoms with Crippen molar-refractivity contribution in [3.63, 3.8) is 0 Å². The van der Waals surface area contributed by atoms with Crippen LogP contribution in [0.4, 0.5) is 0 Å². The average molecular weight is 309 g/mol. The summed E-state index contributed by atoms with van der Waals surface area (Å²) in [6, 6.07) is 3.96. The van der Waals surface area contributed by atoms with Crippen molar-refractivity contribution in [2.75, 3.05) is 6.54 Å². The summed E-state index contributed by atoms with van der Waals surface area (Å²) in [4.78, 5) is 11.0. The van der Waals surface area contributed by atoms with Crippen molar-refractivity contribution in [2.24, 2.45) is 0 Å². The van der Waals surface area contributed by atoms with Crippen LogP contribution in [0.15, 0.2) is 35.9 Å². The van der Waals surface area contributed by atoms with Crippen LogP contribution in [0.3, 0.4) is 0 Å². The first-order valence-electron chi connectivity index (χ1n) is 4.72. The van der Waals surface area contributed by atoms with Crippen molar-refractivity contribution in [3.8, 4) is 0 Å². The normalized spacial score (nSPS) is 11.0. The maximum atomic E-state index is 11.8. The first kappa shape index (κ1) is 15.0. The smallest absolute Gasteiger partial charge is 0.242 e. The maximum absolute atomic E-state index is 11.8. The predicted octanol–water partition coefficient (Wildman–Crippen LogP) is 1.53. The Bertz CT molecular complexity index is 572. The summed E-state index contributed by atoms with van der Waals surface area (Å²) < 4.78 is 25.8. The molecule has 1 aromatic rings. The lowest BCUT2D eigenvalue weighted by Crippen LogP contribution is -2.34. The molecule has 18 heavy (non-hydrogen) atoms. The van der Waals surface area contributed by atoms with Crippen LogP contribution in [0.25, 0.3) is 0 Å². The van der Waals surface area contributed by atoms with Gasteiger partial charge in [0.15, 0.2) is 0 Å². The van der Waals surface area contributed by atoms with Crippen LogP contribution in [0.5, 0.6) is 0 Å². The van der Waals surface area contributed by atoms with Crippen LogP contribution in [-0.2, 0) is 14.8 Å². The molecule has 0 spiro atoms. The van der Waals surface area contributed by atoms with Gasteiger partial charge in [-0.05, 0) is 24.4 Å². The van der Waals surface area contributed by atoms with Gasteiger partial charge in [-0.1, -0.05) is 29.8 Å². The second kappa shape index (κ2) is 6.19. The van der Waals surface area contributed by atoms with Crippen LogP contribution in [0.1, 0.15) is 0 Å². The van der Waals surface area contributed by atoms with Crippen LogP contribution >= 0.6 is 23.2 Å². The monoisotopic (exact) mass is 308 g/mol. The van der Waals surface area contributed by atoms with Crippen molar-refractivity contribution in [1.29, 1.82) is 0 Å². The molecule has 0 heterocycles. The molecule has 1 amide bonds. The third-order valence-electron chi connectivity index (χ3n) is 1.87. The Kier molecular flexibility index (Phi) is 5.15. The fourth-order valence-electron chi connectivity index (χ4n) is 1.10.